The topological polar surface area (TPSA) is 104 Å². The molecule has 0 unspecified atom stereocenters. The molecule has 3 heterocycles. The molecule has 0 amide bonds. The number of aryl methyl sites for hydroxylation is 1. The summed E-state index contributed by atoms with van der Waals surface area (Å²) in [7, 11) is 0. The van der Waals surface area contributed by atoms with Gasteiger partial charge in [-0.3, -0.25) is 14.3 Å². The van der Waals surface area contributed by atoms with Crippen LogP contribution in [0, 0.1) is 22.7 Å². The molecule has 0 saturated carbocycles. The molecule has 0 aliphatic carbocycles. The van der Waals surface area contributed by atoms with Gasteiger partial charge in [0.25, 0.3) is 5.56 Å². The third kappa shape index (κ3) is 4.40. The first-order valence-electron chi connectivity index (χ1n) is 9.25. The Balaban J connectivity index is 2.40. The summed E-state index contributed by atoms with van der Waals surface area (Å²) in [5.41, 5.74) is -2.58. The number of pyridine rings is 1. The Morgan fingerprint density at radius 1 is 1.24 bits per heavy atom. The maximum absolute atomic E-state index is 13.2. The minimum Gasteiger partial charge on any atom is -0.291 e. The van der Waals surface area contributed by atoms with Gasteiger partial charge in [-0.25, -0.2) is 9.36 Å². The molecule has 0 aliphatic heterocycles. The number of alkyl halides is 3. The highest BCUT2D eigenvalue weighted by Crippen LogP contribution is 2.32. The van der Waals surface area contributed by atoms with Crippen molar-refractivity contribution < 1.29 is 13.2 Å². The zero-order valence-electron chi connectivity index (χ0n) is 16.9. The minimum atomic E-state index is -4.73. The summed E-state index contributed by atoms with van der Waals surface area (Å²) >= 11 is 0.944. The molecule has 0 atom stereocenters. The first-order valence-corrected chi connectivity index (χ1v) is 10.1. The predicted octanol–water partition coefficient (Wildman–Crippen LogP) is 4.19. The molecule has 0 bridgehead atoms. The summed E-state index contributed by atoms with van der Waals surface area (Å²) in [6.45, 7) is 7.16. The fraction of sp³-hybridized carbons (Fsp3) is 0.136. The number of aromatic nitrogens is 3. The SMILES string of the molecule is C=C/C=C(\C(=C)C#N)c1cc2c(s1)c(=O)n(-c1cncc(C(F)(F)F)c1)c(=O)n2CCC#N. The molecular weight excluding hydrogens is 455 g/mol. The average Bonchev–Trinajstić information content (AvgIpc) is 3.22. The van der Waals surface area contributed by atoms with Crippen LogP contribution in [0.1, 0.15) is 16.9 Å². The number of hydrogen-bond donors (Lipinski definition) is 0. The van der Waals surface area contributed by atoms with E-state index in [-0.39, 0.29) is 34.4 Å². The molecule has 0 aliphatic rings. The lowest BCUT2D eigenvalue weighted by Crippen LogP contribution is -2.38. The number of nitrogens with zero attached hydrogens (tertiary/aromatic N) is 5. The van der Waals surface area contributed by atoms with E-state index in [1.807, 2.05) is 12.1 Å². The van der Waals surface area contributed by atoms with E-state index in [1.165, 1.54) is 18.2 Å². The van der Waals surface area contributed by atoms with Crippen LogP contribution in [0.25, 0.3) is 21.5 Å². The number of thiophene rings is 1. The third-order valence-electron chi connectivity index (χ3n) is 4.59. The Bertz CT molecular complexity index is 1510. The Hall–Kier alpha value is -4.22. The van der Waals surface area contributed by atoms with Gasteiger partial charge in [0.05, 0.1) is 47.1 Å². The van der Waals surface area contributed by atoms with Crippen molar-refractivity contribution in [1.29, 1.82) is 10.5 Å². The zero-order valence-corrected chi connectivity index (χ0v) is 17.7. The fourth-order valence-corrected chi connectivity index (χ4v) is 4.24. The van der Waals surface area contributed by atoms with Gasteiger partial charge in [-0.05, 0) is 12.1 Å². The summed E-state index contributed by atoms with van der Waals surface area (Å²) in [6.07, 6.45) is -0.299. The first-order chi connectivity index (χ1) is 15.6. The molecule has 3 aromatic rings. The van der Waals surface area contributed by atoms with Gasteiger partial charge in [0, 0.05) is 23.2 Å². The van der Waals surface area contributed by atoms with Crippen LogP contribution in [0.2, 0.25) is 0 Å². The van der Waals surface area contributed by atoms with Crippen LogP contribution >= 0.6 is 11.3 Å². The number of halogens is 3. The van der Waals surface area contributed by atoms with Gasteiger partial charge < -0.3 is 0 Å². The van der Waals surface area contributed by atoms with Crippen LogP contribution < -0.4 is 11.2 Å². The maximum atomic E-state index is 13.2. The molecule has 7 nitrogen and oxygen atoms in total. The van der Waals surface area contributed by atoms with Crippen molar-refractivity contribution in [2.45, 2.75) is 19.1 Å². The van der Waals surface area contributed by atoms with Crippen LogP contribution in [0.4, 0.5) is 13.2 Å². The Kier molecular flexibility index (Phi) is 6.47. The van der Waals surface area contributed by atoms with Gasteiger partial charge in [0.15, 0.2) is 0 Å². The molecule has 0 fully saturated rings. The van der Waals surface area contributed by atoms with Crippen molar-refractivity contribution in [2.24, 2.45) is 0 Å². The van der Waals surface area contributed by atoms with Crippen molar-refractivity contribution in [3.8, 4) is 17.8 Å². The summed E-state index contributed by atoms with van der Waals surface area (Å²) in [5.74, 6) is 0. The van der Waals surface area contributed by atoms with E-state index in [2.05, 4.69) is 18.1 Å². The number of rotatable bonds is 6. The monoisotopic (exact) mass is 469 g/mol. The standard InChI is InChI=1S/C22H14F3N5O2S/c1-3-5-16(13(2)10-27)18-9-17-19(33-18)20(31)30(21(32)29(17)7-4-6-26)15-8-14(11-28-12-15)22(23,24)25/h3,5,8-9,11-12H,1-2,4,7H2/b16-5+. The van der Waals surface area contributed by atoms with Gasteiger partial charge in [0.1, 0.15) is 4.70 Å². The number of allylic oxidation sites excluding steroid dienone is 4. The molecule has 0 saturated heterocycles. The van der Waals surface area contributed by atoms with E-state index in [4.69, 9.17) is 5.26 Å². The summed E-state index contributed by atoms with van der Waals surface area (Å²) in [6, 6.07) is 5.98. The summed E-state index contributed by atoms with van der Waals surface area (Å²) in [4.78, 5) is 30.4. The second kappa shape index (κ2) is 9.10. The van der Waals surface area contributed by atoms with E-state index in [0.29, 0.717) is 27.3 Å². The minimum absolute atomic E-state index is 0.0562. The van der Waals surface area contributed by atoms with Crippen LogP contribution in [-0.4, -0.2) is 14.1 Å². The number of hydrogen-bond acceptors (Lipinski definition) is 6. The highest BCUT2D eigenvalue weighted by molar-refractivity contribution is 7.20. The van der Waals surface area contributed by atoms with E-state index in [1.54, 1.807) is 0 Å². The average molecular weight is 469 g/mol. The van der Waals surface area contributed by atoms with Crippen LogP contribution in [0.3, 0.4) is 0 Å². The molecular formula is C22H14F3N5O2S. The largest absolute Gasteiger partial charge is 0.417 e. The van der Waals surface area contributed by atoms with E-state index >= 15 is 0 Å². The first kappa shape index (κ1) is 23.4. The molecule has 0 N–H and O–H groups in total. The lowest BCUT2D eigenvalue weighted by molar-refractivity contribution is -0.137. The Labute approximate surface area is 188 Å². The molecule has 166 valence electrons. The van der Waals surface area contributed by atoms with Gasteiger partial charge in [-0.1, -0.05) is 25.3 Å². The molecule has 33 heavy (non-hydrogen) atoms. The van der Waals surface area contributed by atoms with Gasteiger partial charge in [0.2, 0.25) is 0 Å². The van der Waals surface area contributed by atoms with E-state index in [9.17, 15) is 28.0 Å². The highest BCUT2D eigenvalue weighted by Gasteiger charge is 2.31. The van der Waals surface area contributed by atoms with Gasteiger partial charge in [-0.15, -0.1) is 11.3 Å². The smallest absolute Gasteiger partial charge is 0.291 e. The van der Waals surface area contributed by atoms with Crippen molar-refractivity contribution >= 4 is 27.1 Å². The third-order valence-corrected chi connectivity index (χ3v) is 5.73. The lowest BCUT2D eigenvalue weighted by Gasteiger charge is -2.12. The van der Waals surface area contributed by atoms with E-state index in [0.717, 1.165) is 22.1 Å². The zero-order chi connectivity index (χ0) is 24.3. The normalized spacial score (nSPS) is 11.7. The van der Waals surface area contributed by atoms with Gasteiger partial charge in [-0.2, -0.15) is 23.7 Å². The highest BCUT2D eigenvalue weighted by atomic mass is 32.1. The molecule has 0 radical (unpaired) electrons. The van der Waals surface area contributed by atoms with Crippen LogP contribution in [-0.2, 0) is 12.7 Å². The quantitative estimate of drug-likeness (QED) is 0.398. The van der Waals surface area contributed by atoms with Gasteiger partial charge >= 0.3 is 11.9 Å². The molecule has 0 spiro atoms. The van der Waals surface area contributed by atoms with Crippen LogP contribution in [0.5, 0.6) is 0 Å². The maximum Gasteiger partial charge on any atom is 0.417 e. The second-order valence-corrected chi connectivity index (χ2v) is 7.70. The molecule has 0 aromatic carbocycles. The summed E-state index contributed by atoms with van der Waals surface area (Å²) in [5, 5.41) is 18.2. The predicted molar refractivity (Wildman–Crippen MR) is 118 cm³/mol. The Morgan fingerprint density at radius 3 is 2.58 bits per heavy atom. The molecule has 11 heteroatoms. The lowest BCUT2D eigenvalue weighted by atomic mass is 10.1. The molecule has 3 aromatic heterocycles. The van der Waals surface area contributed by atoms with Crippen molar-refractivity contribution in [3.63, 3.8) is 0 Å². The van der Waals surface area contributed by atoms with E-state index < -0.39 is 23.0 Å². The summed E-state index contributed by atoms with van der Waals surface area (Å²) < 4.78 is 41.3. The van der Waals surface area contributed by atoms with Crippen molar-refractivity contribution in [3.05, 3.63) is 86.7 Å². The number of fused-ring (bicyclic) bond motifs is 1. The second-order valence-electron chi connectivity index (χ2n) is 6.64. The van der Waals surface area contributed by atoms with Crippen molar-refractivity contribution in [1.82, 2.24) is 14.1 Å². The van der Waals surface area contributed by atoms with Crippen LogP contribution in [0.15, 0.2) is 65.0 Å². The Morgan fingerprint density at radius 2 is 1.97 bits per heavy atom. The number of nitriles is 2. The molecule has 3 rings (SSSR count). The fourth-order valence-electron chi connectivity index (χ4n) is 3.10. The van der Waals surface area contributed by atoms with Crippen molar-refractivity contribution in [2.75, 3.05) is 0 Å².